The minimum atomic E-state index is -0.381. The quantitative estimate of drug-likeness (QED) is 0.525. The van der Waals surface area contributed by atoms with Gasteiger partial charge in [-0.1, -0.05) is 15.9 Å². The molecule has 2 aliphatic heterocycles. The lowest BCUT2D eigenvalue weighted by Gasteiger charge is -2.37. The number of fused-ring (bicyclic) bond motifs is 3. The second-order valence-corrected chi connectivity index (χ2v) is 7.69. The van der Waals surface area contributed by atoms with Gasteiger partial charge in [-0.05, 0) is 67.1 Å². The maximum absolute atomic E-state index is 6.26. The van der Waals surface area contributed by atoms with Gasteiger partial charge < -0.3 is 13.9 Å². The number of nitrogens with zero attached hydrogens (tertiary/aromatic N) is 2. The molecule has 28 heavy (non-hydrogen) atoms. The normalized spacial score (nSPS) is 20.2. The Morgan fingerprint density at radius 1 is 1.18 bits per heavy atom. The standard InChI is InChI=1S/C22H19BrN2O3/c1-2-26-16-8-5-14(6-9-16)18-13-19-17-12-15(23)7-10-20(17)28-22(25(19)24-18)21-4-3-11-27-21/h3-12,19,22H,2,13H2,1H3/t19-,22+/m0/s1. The number of hydrogen-bond donors (Lipinski definition) is 0. The molecule has 0 N–H and O–H groups in total. The molecule has 6 heteroatoms. The van der Waals surface area contributed by atoms with Crippen LogP contribution in [0, 0.1) is 0 Å². The second-order valence-electron chi connectivity index (χ2n) is 6.77. The molecular formula is C22H19BrN2O3. The van der Waals surface area contributed by atoms with Crippen molar-refractivity contribution in [2.45, 2.75) is 25.6 Å². The molecule has 0 radical (unpaired) electrons. The van der Waals surface area contributed by atoms with Crippen LogP contribution in [-0.2, 0) is 0 Å². The number of rotatable bonds is 4. The fraction of sp³-hybridized carbons (Fsp3) is 0.227. The van der Waals surface area contributed by atoms with Crippen LogP contribution in [0.2, 0.25) is 0 Å². The summed E-state index contributed by atoms with van der Waals surface area (Å²) in [5.74, 6) is 2.48. The summed E-state index contributed by atoms with van der Waals surface area (Å²) in [6, 6.07) is 18.1. The van der Waals surface area contributed by atoms with Crippen molar-refractivity contribution in [3.8, 4) is 11.5 Å². The van der Waals surface area contributed by atoms with Crippen molar-refractivity contribution in [2.75, 3.05) is 6.61 Å². The lowest BCUT2D eigenvalue weighted by molar-refractivity contribution is -0.0325. The molecule has 2 aliphatic rings. The average molecular weight is 439 g/mol. The van der Waals surface area contributed by atoms with E-state index in [1.54, 1.807) is 6.26 Å². The Kier molecular flexibility index (Phi) is 4.36. The monoisotopic (exact) mass is 438 g/mol. The van der Waals surface area contributed by atoms with Crippen LogP contribution in [0.3, 0.4) is 0 Å². The zero-order chi connectivity index (χ0) is 19.1. The lowest BCUT2D eigenvalue weighted by atomic mass is 9.96. The molecule has 0 amide bonds. The van der Waals surface area contributed by atoms with Gasteiger partial charge in [0, 0.05) is 16.5 Å². The summed E-state index contributed by atoms with van der Waals surface area (Å²) in [5, 5.41) is 6.94. The van der Waals surface area contributed by atoms with Crippen LogP contribution in [0.4, 0.5) is 0 Å². The first-order valence-electron chi connectivity index (χ1n) is 9.31. The first-order valence-corrected chi connectivity index (χ1v) is 10.1. The molecule has 142 valence electrons. The van der Waals surface area contributed by atoms with E-state index in [1.165, 1.54) is 0 Å². The summed E-state index contributed by atoms with van der Waals surface area (Å²) >= 11 is 3.58. The van der Waals surface area contributed by atoms with Gasteiger partial charge in [-0.15, -0.1) is 0 Å². The third-order valence-electron chi connectivity index (χ3n) is 5.04. The third-order valence-corrected chi connectivity index (χ3v) is 5.53. The van der Waals surface area contributed by atoms with Crippen LogP contribution in [0.25, 0.3) is 0 Å². The molecule has 3 aromatic rings. The molecule has 1 aromatic heterocycles. The molecule has 0 spiro atoms. The zero-order valence-corrected chi connectivity index (χ0v) is 16.9. The molecule has 2 aromatic carbocycles. The largest absolute Gasteiger partial charge is 0.494 e. The molecular weight excluding hydrogens is 420 g/mol. The summed E-state index contributed by atoms with van der Waals surface area (Å²) in [5.41, 5.74) is 3.25. The van der Waals surface area contributed by atoms with E-state index in [9.17, 15) is 0 Å². The molecule has 3 heterocycles. The van der Waals surface area contributed by atoms with Gasteiger partial charge in [0.1, 0.15) is 11.5 Å². The van der Waals surface area contributed by atoms with Crippen molar-refractivity contribution >= 4 is 21.6 Å². The zero-order valence-electron chi connectivity index (χ0n) is 15.3. The Morgan fingerprint density at radius 3 is 2.79 bits per heavy atom. The maximum atomic E-state index is 6.26. The van der Waals surface area contributed by atoms with Gasteiger partial charge in [-0.2, -0.15) is 5.10 Å². The van der Waals surface area contributed by atoms with Gasteiger partial charge in [0.05, 0.1) is 24.6 Å². The maximum Gasteiger partial charge on any atom is 0.246 e. The summed E-state index contributed by atoms with van der Waals surface area (Å²) < 4.78 is 18.5. The van der Waals surface area contributed by atoms with Crippen molar-refractivity contribution in [1.29, 1.82) is 0 Å². The van der Waals surface area contributed by atoms with Crippen LogP contribution in [0.15, 0.2) is 74.9 Å². The minimum absolute atomic E-state index is 0.0953. The van der Waals surface area contributed by atoms with E-state index in [2.05, 4.69) is 34.1 Å². The van der Waals surface area contributed by atoms with Gasteiger partial charge in [0.25, 0.3) is 0 Å². The molecule has 5 rings (SSSR count). The van der Waals surface area contributed by atoms with Crippen molar-refractivity contribution in [3.05, 3.63) is 82.2 Å². The predicted octanol–water partition coefficient (Wildman–Crippen LogP) is 5.68. The number of ether oxygens (including phenoxy) is 2. The Morgan fingerprint density at radius 2 is 2.04 bits per heavy atom. The van der Waals surface area contributed by atoms with Gasteiger partial charge in [-0.25, -0.2) is 5.01 Å². The fourth-order valence-electron chi connectivity index (χ4n) is 3.76. The van der Waals surface area contributed by atoms with Gasteiger partial charge in [0.2, 0.25) is 6.23 Å². The Labute approximate surface area is 171 Å². The second kappa shape index (κ2) is 7.02. The molecule has 0 saturated heterocycles. The van der Waals surface area contributed by atoms with E-state index in [1.807, 2.05) is 48.3 Å². The Balaban J connectivity index is 1.53. The number of benzene rings is 2. The molecule has 0 unspecified atom stereocenters. The summed E-state index contributed by atoms with van der Waals surface area (Å²) in [6.07, 6.45) is 2.09. The molecule has 2 atom stereocenters. The van der Waals surface area contributed by atoms with Gasteiger partial charge in [0.15, 0.2) is 5.76 Å². The molecule has 5 nitrogen and oxygen atoms in total. The van der Waals surface area contributed by atoms with E-state index < -0.39 is 0 Å². The average Bonchev–Trinajstić information content (AvgIpc) is 3.39. The van der Waals surface area contributed by atoms with Gasteiger partial charge >= 0.3 is 0 Å². The smallest absolute Gasteiger partial charge is 0.246 e. The summed E-state index contributed by atoms with van der Waals surface area (Å²) in [6.45, 7) is 2.64. The summed E-state index contributed by atoms with van der Waals surface area (Å²) in [4.78, 5) is 0. The molecule has 0 bridgehead atoms. The van der Waals surface area contributed by atoms with Crippen molar-refractivity contribution in [2.24, 2.45) is 5.10 Å². The highest BCUT2D eigenvalue weighted by Crippen LogP contribution is 2.48. The predicted molar refractivity (Wildman–Crippen MR) is 110 cm³/mol. The van der Waals surface area contributed by atoms with Crippen molar-refractivity contribution in [3.63, 3.8) is 0 Å². The van der Waals surface area contributed by atoms with Crippen LogP contribution in [0.1, 0.15) is 42.5 Å². The van der Waals surface area contributed by atoms with E-state index in [0.717, 1.165) is 45.0 Å². The Hall–Kier alpha value is -2.73. The van der Waals surface area contributed by atoms with Gasteiger partial charge in [-0.3, -0.25) is 0 Å². The van der Waals surface area contributed by atoms with Crippen LogP contribution in [0.5, 0.6) is 11.5 Å². The fourth-order valence-corrected chi connectivity index (χ4v) is 4.14. The van der Waals surface area contributed by atoms with Crippen molar-refractivity contribution < 1.29 is 13.9 Å². The van der Waals surface area contributed by atoms with E-state index in [0.29, 0.717) is 6.61 Å². The van der Waals surface area contributed by atoms with E-state index in [-0.39, 0.29) is 12.3 Å². The van der Waals surface area contributed by atoms with Crippen LogP contribution < -0.4 is 9.47 Å². The number of furan rings is 1. The van der Waals surface area contributed by atoms with E-state index in [4.69, 9.17) is 19.0 Å². The van der Waals surface area contributed by atoms with Crippen LogP contribution >= 0.6 is 15.9 Å². The number of hydrogen-bond acceptors (Lipinski definition) is 5. The highest BCUT2D eigenvalue weighted by molar-refractivity contribution is 9.10. The van der Waals surface area contributed by atoms with Crippen LogP contribution in [-0.4, -0.2) is 17.3 Å². The van der Waals surface area contributed by atoms with E-state index >= 15 is 0 Å². The first kappa shape index (κ1) is 17.4. The number of halogens is 1. The molecule has 0 aliphatic carbocycles. The molecule has 0 fully saturated rings. The lowest BCUT2D eigenvalue weighted by Crippen LogP contribution is -2.33. The highest BCUT2D eigenvalue weighted by atomic mass is 79.9. The minimum Gasteiger partial charge on any atom is -0.494 e. The number of hydrazone groups is 1. The Bertz CT molecular complexity index is 1010. The summed E-state index contributed by atoms with van der Waals surface area (Å²) in [7, 11) is 0. The topological polar surface area (TPSA) is 47.2 Å². The SMILES string of the molecule is CCOc1ccc(C2=NN3[C@@H](c4ccco4)Oc4ccc(Br)cc4[C@@H]3C2)cc1. The highest BCUT2D eigenvalue weighted by Gasteiger charge is 2.42. The molecule has 0 saturated carbocycles. The third kappa shape index (κ3) is 2.98. The first-order chi connectivity index (χ1) is 13.7. The van der Waals surface area contributed by atoms with Crippen molar-refractivity contribution in [1.82, 2.24) is 5.01 Å².